The highest BCUT2D eigenvalue weighted by Gasteiger charge is 2.22. The monoisotopic (exact) mass is 396 g/mol. The molecule has 3 aromatic rings. The second kappa shape index (κ2) is 7.80. The van der Waals surface area contributed by atoms with E-state index in [2.05, 4.69) is 25.6 Å². The van der Waals surface area contributed by atoms with Gasteiger partial charge in [0.25, 0.3) is 0 Å². The highest BCUT2D eigenvalue weighted by Crippen LogP contribution is 2.33. The number of rotatable bonds is 4. The van der Waals surface area contributed by atoms with Crippen molar-refractivity contribution < 1.29 is 18.6 Å². The minimum atomic E-state index is -2.92. The van der Waals surface area contributed by atoms with Crippen LogP contribution in [-0.2, 0) is 0 Å². The number of nitrogens with zero attached hydrogens (tertiary/aromatic N) is 4. The first kappa shape index (κ1) is 18.7. The summed E-state index contributed by atoms with van der Waals surface area (Å²) in [7, 11) is 0. The second-order valence-corrected chi connectivity index (χ2v) is 6.68. The minimum absolute atomic E-state index is 0.0355. The minimum Gasteiger partial charge on any atom is -0.508 e. The zero-order valence-electron chi connectivity index (χ0n) is 15.4. The molecule has 29 heavy (non-hydrogen) atoms. The van der Waals surface area contributed by atoms with Gasteiger partial charge in [0.1, 0.15) is 17.6 Å². The van der Waals surface area contributed by atoms with E-state index in [9.17, 15) is 19.1 Å². The first-order valence-corrected chi connectivity index (χ1v) is 9.12. The van der Waals surface area contributed by atoms with Crippen molar-refractivity contribution in [1.82, 2.24) is 4.98 Å². The quantitative estimate of drug-likeness (QED) is 0.724. The van der Waals surface area contributed by atoms with E-state index in [1.165, 1.54) is 18.3 Å². The molecule has 0 spiro atoms. The molecule has 0 atom stereocenters. The van der Waals surface area contributed by atoms with Gasteiger partial charge < -0.3 is 19.6 Å². The lowest BCUT2D eigenvalue weighted by molar-refractivity contribution is -0.0497. The zero-order chi connectivity index (χ0) is 20.4. The van der Waals surface area contributed by atoms with Crippen LogP contribution in [0.5, 0.6) is 11.5 Å². The molecule has 0 saturated carbocycles. The molecule has 1 N–H and O–H groups in total. The van der Waals surface area contributed by atoms with Crippen molar-refractivity contribution in [3.63, 3.8) is 0 Å². The Labute approximate surface area is 166 Å². The van der Waals surface area contributed by atoms with Crippen molar-refractivity contribution in [1.29, 1.82) is 5.26 Å². The summed E-state index contributed by atoms with van der Waals surface area (Å²) in [5.41, 5.74) is 2.70. The third-order valence-corrected chi connectivity index (χ3v) is 4.97. The predicted molar refractivity (Wildman–Crippen MR) is 106 cm³/mol. The smallest absolute Gasteiger partial charge is 0.387 e. The summed E-state index contributed by atoms with van der Waals surface area (Å²) >= 11 is 0. The molecule has 2 heterocycles. The highest BCUT2D eigenvalue weighted by molar-refractivity contribution is 5.95. The van der Waals surface area contributed by atoms with E-state index in [4.69, 9.17) is 0 Å². The molecule has 0 unspecified atom stereocenters. The van der Waals surface area contributed by atoms with Crippen LogP contribution < -0.4 is 14.5 Å². The second-order valence-electron chi connectivity index (χ2n) is 6.68. The van der Waals surface area contributed by atoms with E-state index in [0.29, 0.717) is 48.3 Å². The van der Waals surface area contributed by atoms with Gasteiger partial charge in [-0.1, -0.05) is 0 Å². The van der Waals surface area contributed by atoms with Gasteiger partial charge in [0.15, 0.2) is 0 Å². The third-order valence-electron chi connectivity index (χ3n) is 4.97. The number of pyridine rings is 1. The van der Waals surface area contributed by atoms with Crippen molar-refractivity contribution in [2.24, 2.45) is 0 Å². The van der Waals surface area contributed by atoms with E-state index < -0.39 is 6.61 Å². The highest BCUT2D eigenvalue weighted by atomic mass is 19.3. The molecule has 148 valence electrons. The first-order valence-electron chi connectivity index (χ1n) is 9.12. The maximum Gasteiger partial charge on any atom is 0.387 e. The topological polar surface area (TPSA) is 72.6 Å². The van der Waals surface area contributed by atoms with Crippen LogP contribution in [0.1, 0.15) is 5.56 Å². The number of piperazine rings is 1. The molecular weight excluding hydrogens is 378 g/mol. The lowest BCUT2D eigenvalue weighted by Crippen LogP contribution is -2.46. The van der Waals surface area contributed by atoms with Crippen LogP contribution in [0.3, 0.4) is 0 Å². The molecule has 1 aliphatic heterocycles. The normalized spacial score (nSPS) is 14.3. The Bertz CT molecular complexity index is 1060. The number of hydrogen-bond donors (Lipinski definition) is 1. The van der Waals surface area contributed by atoms with E-state index in [1.807, 2.05) is 12.1 Å². The van der Waals surface area contributed by atoms with E-state index in [0.717, 1.165) is 5.69 Å². The Hall–Kier alpha value is -3.60. The molecule has 8 heteroatoms. The molecule has 0 radical (unpaired) electrons. The van der Waals surface area contributed by atoms with Crippen molar-refractivity contribution in [3.8, 4) is 17.6 Å². The molecule has 1 aromatic heterocycles. The average Bonchev–Trinajstić information content (AvgIpc) is 2.73. The Morgan fingerprint density at radius 1 is 1.03 bits per heavy atom. The Morgan fingerprint density at radius 2 is 1.72 bits per heavy atom. The van der Waals surface area contributed by atoms with Gasteiger partial charge in [-0.3, -0.25) is 4.98 Å². The van der Waals surface area contributed by atoms with Crippen molar-refractivity contribution in [2.75, 3.05) is 36.0 Å². The Morgan fingerprint density at radius 3 is 2.38 bits per heavy atom. The summed E-state index contributed by atoms with van der Waals surface area (Å²) in [5.74, 6) is 0.254. The zero-order valence-corrected chi connectivity index (χ0v) is 15.4. The van der Waals surface area contributed by atoms with Gasteiger partial charge in [0.05, 0.1) is 16.8 Å². The number of benzene rings is 2. The number of fused-ring (bicyclic) bond motifs is 1. The van der Waals surface area contributed by atoms with Crippen LogP contribution in [0.4, 0.5) is 20.2 Å². The van der Waals surface area contributed by atoms with Crippen molar-refractivity contribution >= 4 is 22.3 Å². The number of nitriles is 1. The Balaban J connectivity index is 1.64. The number of aromatic hydroxyl groups is 1. The van der Waals surface area contributed by atoms with Crippen molar-refractivity contribution in [2.45, 2.75) is 6.61 Å². The lowest BCUT2D eigenvalue weighted by Gasteiger charge is -2.38. The van der Waals surface area contributed by atoms with E-state index in [1.54, 1.807) is 18.2 Å². The molecule has 4 rings (SSSR count). The van der Waals surface area contributed by atoms with Crippen LogP contribution >= 0.6 is 0 Å². The van der Waals surface area contributed by atoms with Crippen LogP contribution in [-0.4, -0.2) is 42.9 Å². The van der Waals surface area contributed by atoms with Crippen molar-refractivity contribution in [3.05, 3.63) is 54.2 Å². The average molecular weight is 396 g/mol. The van der Waals surface area contributed by atoms with E-state index >= 15 is 0 Å². The standard InChI is InChI=1S/C21H18F2N4O2/c22-21(23)29-17-5-6-19-18(11-17)20(14(12-24)13-25-19)27-9-7-26(8-10-27)15-1-3-16(28)4-2-15/h1-6,11,13,21,28H,7-10H2. The van der Waals surface area contributed by atoms with E-state index in [-0.39, 0.29) is 11.5 Å². The van der Waals surface area contributed by atoms with Gasteiger partial charge in [0, 0.05) is 43.4 Å². The van der Waals surface area contributed by atoms with Crippen LogP contribution in [0.25, 0.3) is 10.9 Å². The lowest BCUT2D eigenvalue weighted by atomic mass is 10.1. The molecule has 0 bridgehead atoms. The van der Waals surface area contributed by atoms with Gasteiger partial charge in [-0.25, -0.2) is 0 Å². The van der Waals surface area contributed by atoms with Gasteiger partial charge >= 0.3 is 6.61 Å². The molecule has 2 aromatic carbocycles. The molecule has 6 nitrogen and oxygen atoms in total. The molecular formula is C21H18F2N4O2. The van der Waals surface area contributed by atoms with Crippen LogP contribution in [0, 0.1) is 11.3 Å². The molecule has 1 saturated heterocycles. The largest absolute Gasteiger partial charge is 0.508 e. The maximum absolute atomic E-state index is 12.6. The maximum atomic E-state index is 12.6. The SMILES string of the molecule is N#Cc1cnc2ccc(OC(F)F)cc2c1N1CCN(c2ccc(O)cc2)CC1. The van der Waals surface area contributed by atoms with Gasteiger partial charge in [0.2, 0.25) is 0 Å². The number of ether oxygens (including phenoxy) is 1. The molecule has 0 aliphatic carbocycles. The van der Waals surface area contributed by atoms with Gasteiger partial charge in [-0.2, -0.15) is 14.0 Å². The molecule has 0 amide bonds. The fraction of sp³-hybridized carbons (Fsp3) is 0.238. The molecule has 1 fully saturated rings. The summed E-state index contributed by atoms with van der Waals surface area (Å²) in [6, 6.07) is 13.8. The fourth-order valence-electron chi connectivity index (χ4n) is 3.61. The fourth-order valence-corrected chi connectivity index (χ4v) is 3.61. The summed E-state index contributed by atoms with van der Waals surface area (Å²) in [6.45, 7) is -0.195. The summed E-state index contributed by atoms with van der Waals surface area (Å²) in [6.07, 6.45) is 1.51. The number of phenolic OH excluding ortho intramolecular Hbond substituents is 1. The summed E-state index contributed by atoms with van der Waals surface area (Å²) in [4.78, 5) is 8.54. The summed E-state index contributed by atoms with van der Waals surface area (Å²) in [5, 5.41) is 19.6. The first-order chi connectivity index (χ1) is 14.0. The summed E-state index contributed by atoms with van der Waals surface area (Å²) < 4.78 is 29.8. The van der Waals surface area contributed by atoms with Gasteiger partial charge in [-0.15, -0.1) is 0 Å². The number of phenols is 1. The molecule has 1 aliphatic rings. The number of halogens is 2. The number of alkyl halides is 2. The van der Waals surface area contributed by atoms with Crippen LogP contribution in [0.2, 0.25) is 0 Å². The van der Waals surface area contributed by atoms with Crippen LogP contribution in [0.15, 0.2) is 48.7 Å². The third kappa shape index (κ3) is 3.85. The van der Waals surface area contributed by atoms with Gasteiger partial charge in [-0.05, 0) is 42.5 Å². The predicted octanol–water partition coefficient (Wildman–Crippen LogP) is 3.74. The number of anilines is 2. The number of hydrogen-bond acceptors (Lipinski definition) is 6. The number of aromatic nitrogens is 1. The Kier molecular flexibility index (Phi) is 5.04.